The first kappa shape index (κ1) is 13.8. The molecule has 2 heteroatoms. The standard InChI is InChI=1S/C15H23NO/c1-3-4-6-9-14(16-2)12-13-17-15-10-7-5-8-11-15/h3,5,7-8,10-11,14,16H,1,4,6,9,12-13H2,2H3. The molecule has 0 radical (unpaired) electrons. The summed E-state index contributed by atoms with van der Waals surface area (Å²) in [6.07, 6.45) is 6.49. The van der Waals surface area contributed by atoms with Gasteiger partial charge in [0.1, 0.15) is 5.75 Å². The first-order valence-corrected chi connectivity index (χ1v) is 6.33. The van der Waals surface area contributed by atoms with Gasteiger partial charge in [0, 0.05) is 6.04 Å². The largest absolute Gasteiger partial charge is 0.494 e. The molecule has 0 saturated heterocycles. The molecule has 0 spiro atoms. The number of unbranched alkanes of at least 4 members (excludes halogenated alkanes) is 1. The summed E-state index contributed by atoms with van der Waals surface area (Å²) < 4.78 is 5.68. The van der Waals surface area contributed by atoms with Gasteiger partial charge >= 0.3 is 0 Å². The maximum absolute atomic E-state index is 5.68. The molecule has 0 aliphatic heterocycles. The van der Waals surface area contributed by atoms with E-state index in [4.69, 9.17) is 4.74 Å². The quantitative estimate of drug-likeness (QED) is 0.521. The zero-order chi connectivity index (χ0) is 12.3. The molecule has 1 atom stereocenters. The van der Waals surface area contributed by atoms with E-state index in [1.807, 2.05) is 43.5 Å². The van der Waals surface area contributed by atoms with Gasteiger partial charge in [0.15, 0.2) is 0 Å². The molecule has 0 saturated carbocycles. The Hall–Kier alpha value is -1.28. The summed E-state index contributed by atoms with van der Waals surface area (Å²) in [6.45, 7) is 4.51. The molecule has 0 aliphatic carbocycles. The SMILES string of the molecule is C=CCCCC(CCOc1ccccc1)NC. The maximum atomic E-state index is 5.68. The van der Waals surface area contributed by atoms with Crippen LogP contribution in [-0.2, 0) is 0 Å². The van der Waals surface area contributed by atoms with Gasteiger partial charge in [0.05, 0.1) is 6.61 Å². The number of rotatable bonds is 9. The number of ether oxygens (including phenoxy) is 1. The summed E-state index contributed by atoms with van der Waals surface area (Å²) >= 11 is 0. The molecule has 1 rings (SSSR count). The van der Waals surface area contributed by atoms with Gasteiger partial charge in [-0.25, -0.2) is 0 Å². The summed E-state index contributed by atoms with van der Waals surface area (Å²) in [5.41, 5.74) is 0. The Labute approximate surface area is 105 Å². The molecule has 1 aromatic carbocycles. The van der Waals surface area contributed by atoms with Crippen LogP contribution in [-0.4, -0.2) is 19.7 Å². The van der Waals surface area contributed by atoms with Crippen molar-refractivity contribution in [2.45, 2.75) is 31.7 Å². The van der Waals surface area contributed by atoms with Gasteiger partial charge in [0.2, 0.25) is 0 Å². The van der Waals surface area contributed by atoms with Crippen molar-refractivity contribution in [1.82, 2.24) is 5.32 Å². The Balaban J connectivity index is 2.17. The van der Waals surface area contributed by atoms with Gasteiger partial charge in [-0.15, -0.1) is 6.58 Å². The Kier molecular flexibility index (Phi) is 7.15. The number of hydrogen-bond acceptors (Lipinski definition) is 2. The van der Waals surface area contributed by atoms with E-state index in [1.54, 1.807) is 0 Å². The van der Waals surface area contributed by atoms with Crippen molar-refractivity contribution >= 4 is 0 Å². The first-order chi connectivity index (χ1) is 8.36. The molecule has 0 aromatic heterocycles. The lowest BCUT2D eigenvalue weighted by Crippen LogP contribution is -2.27. The summed E-state index contributed by atoms with van der Waals surface area (Å²) in [4.78, 5) is 0. The Morgan fingerprint density at radius 1 is 1.29 bits per heavy atom. The molecule has 17 heavy (non-hydrogen) atoms. The molecule has 1 aromatic rings. The average molecular weight is 233 g/mol. The van der Waals surface area contributed by atoms with Gasteiger partial charge in [-0.1, -0.05) is 24.3 Å². The highest BCUT2D eigenvalue weighted by Gasteiger charge is 2.05. The fourth-order valence-corrected chi connectivity index (χ4v) is 1.78. The molecule has 2 nitrogen and oxygen atoms in total. The van der Waals surface area contributed by atoms with E-state index < -0.39 is 0 Å². The minimum absolute atomic E-state index is 0.540. The van der Waals surface area contributed by atoms with Gasteiger partial charge in [0.25, 0.3) is 0 Å². The fraction of sp³-hybridized carbons (Fsp3) is 0.467. The lowest BCUT2D eigenvalue weighted by Gasteiger charge is -2.16. The summed E-state index contributed by atoms with van der Waals surface area (Å²) in [7, 11) is 2.01. The average Bonchev–Trinajstić information content (AvgIpc) is 2.38. The van der Waals surface area contributed by atoms with Crippen LogP contribution in [0.1, 0.15) is 25.7 Å². The van der Waals surface area contributed by atoms with Crippen molar-refractivity contribution in [3.63, 3.8) is 0 Å². The second-order valence-corrected chi connectivity index (χ2v) is 4.16. The van der Waals surface area contributed by atoms with Gasteiger partial charge in [-0.2, -0.15) is 0 Å². The summed E-state index contributed by atoms with van der Waals surface area (Å²) in [5.74, 6) is 0.952. The monoisotopic (exact) mass is 233 g/mol. The maximum Gasteiger partial charge on any atom is 0.119 e. The van der Waals surface area contributed by atoms with E-state index >= 15 is 0 Å². The highest BCUT2D eigenvalue weighted by atomic mass is 16.5. The second kappa shape index (κ2) is 8.82. The molecule has 1 N–H and O–H groups in total. The Morgan fingerprint density at radius 2 is 2.06 bits per heavy atom. The van der Waals surface area contributed by atoms with Crippen LogP contribution in [0, 0.1) is 0 Å². The highest BCUT2D eigenvalue weighted by Crippen LogP contribution is 2.10. The molecule has 1 unspecified atom stereocenters. The third-order valence-corrected chi connectivity index (χ3v) is 2.85. The predicted molar refractivity (Wildman–Crippen MR) is 73.4 cm³/mol. The zero-order valence-corrected chi connectivity index (χ0v) is 10.7. The number of benzene rings is 1. The third kappa shape index (κ3) is 6.12. The zero-order valence-electron chi connectivity index (χ0n) is 10.7. The molecule has 0 fully saturated rings. The molecule has 0 aliphatic rings. The molecule has 0 bridgehead atoms. The smallest absolute Gasteiger partial charge is 0.119 e. The van der Waals surface area contributed by atoms with Crippen molar-refractivity contribution in [3.8, 4) is 5.75 Å². The normalized spacial score (nSPS) is 12.1. The van der Waals surface area contributed by atoms with Crippen LogP contribution in [0.15, 0.2) is 43.0 Å². The molecule has 94 valence electrons. The molecular weight excluding hydrogens is 210 g/mol. The van der Waals surface area contributed by atoms with Crippen molar-refractivity contribution in [3.05, 3.63) is 43.0 Å². The van der Waals surface area contributed by atoms with Crippen LogP contribution in [0.3, 0.4) is 0 Å². The van der Waals surface area contributed by atoms with E-state index in [0.29, 0.717) is 6.04 Å². The van der Waals surface area contributed by atoms with Crippen LogP contribution >= 0.6 is 0 Å². The van der Waals surface area contributed by atoms with Crippen molar-refractivity contribution < 1.29 is 4.74 Å². The topological polar surface area (TPSA) is 21.3 Å². The van der Waals surface area contributed by atoms with Crippen molar-refractivity contribution in [2.24, 2.45) is 0 Å². The van der Waals surface area contributed by atoms with E-state index in [-0.39, 0.29) is 0 Å². The molecule has 0 amide bonds. The highest BCUT2D eigenvalue weighted by molar-refractivity contribution is 5.20. The number of nitrogens with one attached hydrogen (secondary N) is 1. The van der Waals surface area contributed by atoms with Crippen molar-refractivity contribution in [1.29, 1.82) is 0 Å². The van der Waals surface area contributed by atoms with Gasteiger partial charge in [-0.3, -0.25) is 0 Å². The minimum Gasteiger partial charge on any atom is -0.494 e. The fourth-order valence-electron chi connectivity index (χ4n) is 1.78. The molecule has 0 heterocycles. The van der Waals surface area contributed by atoms with E-state index in [0.717, 1.165) is 25.2 Å². The Bertz CT molecular complexity index is 297. The predicted octanol–water partition coefficient (Wildman–Crippen LogP) is 3.40. The summed E-state index contributed by atoms with van der Waals surface area (Å²) in [6, 6.07) is 10.5. The second-order valence-electron chi connectivity index (χ2n) is 4.16. The summed E-state index contributed by atoms with van der Waals surface area (Å²) in [5, 5.41) is 3.33. The number of allylic oxidation sites excluding steroid dienone is 1. The van der Waals surface area contributed by atoms with Crippen LogP contribution in [0.4, 0.5) is 0 Å². The van der Waals surface area contributed by atoms with E-state index in [9.17, 15) is 0 Å². The van der Waals surface area contributed by atoms with Gasteiger partial charge in [-0.05, 0) is 44.9 Å². The number of para-hydroxylation sites is 1. The third-order valence-electron chi connectivity index (χ3n) is 2.85. The lowest BCUT2D eigenvalue weighted by atomic mass is 10.1. The number of hydrogen-bond donors (Lipinski definition) is 1. The van der Waals surface area contributed by atoms with Crippen LogP contribution < -0.4 is 10.1 Å². The first-order valence-electron chi connectivity index (χ1n) is 6.33. The van der Waals surface area contributed by atoms with Crippen LogP contribution in [0.5, 0.6) is 5.75 Å². The molecular formula is C15H23NO. The Morgan fingerprint density at radius 3 is 2.71 bits per heavy atom. The lowest BCUT2D eigenvalue weighted by molar-refractivity contribution is 0.283. The van der Waals surface area contributed by atoms with Crippen LogP contribution in [0.25, 0.3) is 0 Å². The van der Waals surface area contributed by atoms with Gasteiger partial charge < -0.3 is 10.1 Å². The minimum atomic E-state index is 0.540. The van der Waals surface area contributed by atoms with E-state index in [1.165, 1.54) is 12.8 Å². The van der Waals surface area contributed by atoms with Crippen LogP contribution in [0.2, 0.25) is 0 Å². The van der Waals surface area contributed by atoms with Crippen molar-refractivity contribution in [2.75, 3.05) is 13.7 Å². The van der Waals surface area contributed by atoms with E-state index in [2.05, 4.69) is 11.9 Å².